The maximum atomic E-state index is 12.4. The molecule has 7 nitrogen and oxygen atoms in total. The number of carbonyl (C=O) groups is 1. The van der Waals surface area contributed by atoms with E-state index in [0.717, 1.165) is 22.7 Å². The summed E-state index contributed by atoms with van der Waals surface area (Å²) < 4.78 is 10.5. The molecule has 0 saturated heterocycles. The number of amides is 1. The number of hydrogen-bond acceptors (Lipinski definition) is 6. The highest BCUT2D eigenvalue weighted by atomic mass is 16.3. The van der Waals surface area contributed by atoms with Gasteiger partial charge in [0.15, 0.2) is 5.82 Å². The van der Waals surface area contributed by atoms with Crippen LogP contribution in [0.25, 0.3) is 11.3 Å². The van der Waals surface area contributed by atoms with E-state index in [1.54, 1.807) is 24.7 Å². The van der Waals surface area contributed by atoms with Gasteiger partial charge in [-0.1, -0.05) is 6.07 Å². The molecular formula is C21H18N4O3. The Hall–Kier alpha value is -3.87. The van der Waals surface area contributed by atoms with Crippen molar-refractivity contribution in [1.29, 1.82) is 0 Å². The van der Waals surface area contributed by atoms with Crippen molar-refractivity contribution in [2.45, 2.75) is 13.5 Å². The molecule has 0 saturated carbocycles. The molecule has 0 atom stereocenters. The highest BCUT2D eigenvalue weighted by Crippen LogP contribution is 2.20. The van der Waals surface area contributed by atoms with E-state index in [4.69, 9.17) is 8.83 Å². The zero-order valence-electron chi connectivity index (χ0n) is 15.2. The van der Waals surface area contributed by atoms with Crippen molar-refractivity contribution in [3.05, 3.63) is 84.2 Å². The Labute approximate surface area is 161 Å². The second-order valence-electron chi connectivity index (χ2n) is 6.22. The molecule has 2 N–H and O–H groups in total. The van der Waals surface area contributed by atoms with Crippen molar-refractivity contribution in [2.75, 3.05) is 5.32 Å². The number of hydrogen-bond donors (Lipinski definition) is 2. The summed E-state index contributed by atoms with van der Waals surface area (Å²) in [5.74, 6) is 1.93. The molecule has 3 heterocycles. The zero-order chi connectivity index (χ0) is 19.3. The van der Waals surface area contributed by atoms with Crippen molar-refractivity contribution < 1.29 is 13.6 Å². The molecule has 0 aliphatic rings. The van der Waals surface area contributed by atoms with Crippen LogP contribution >= 0.6 is 0 Å². The summed E-state index contributed by atoms with van der Waals surface area (Å²) in [4.78, 5) is 12.4. The van der Waals surface area contributed by atoms with Crippen LogP contribution in [0.1, 0.15) is 21.9 Å². The minimum Gasteiger partial charge on any atom is -0.472 e. The highest BCUT2D eigenvalue weighted by Gasteiger charge is 2.08. The average molecular weight is 374 g/mol. The van der Waals surface area contributed by atoms with Crippen LogP contribution < -0.4 is 10.6 Å². The van der Waals surface area contributed by atoms with E-state index in [2.05, 4.69) is 20.8 Å². The molecule has 7 heteroatoms. The van der Waals surface area contributed by atoms with Gasteiger partial charge < -0.3 is 19.5 Å². The van der Waals surface area contributed by atoms with E-state index in [1.165, 1.54) is 0 Å². The average Bonchev–Trinajstić information content (AvgIpc) is 3.39. The number of aromatic nitrogens is 2. The maximum Gasteiger partial charge on any atom is 0.251 e. The third kappa shape index (κ3) is 4.09. The molecule has 0 fully saturated rings. The summed E-state index contributed by atoms with van der Waals surface area (Å²) >= 11 is 0. The molecular weight excluding hydrogens is 356 g/mol. The smallest absolute Gasteiger partial charge is 0.251 e. The number of benzene rings is 1. The Balaban J connectivity index is 1.41. The summed E-state index contributed by atoms with van der Waals surface area (Å²) in [6.45, 7) is 2.20. The minimum absolute atomic E-state index is 0.181. The van der Waals surface area contributed by atoms with Crippen LogP contribution in [0.15, 0.2) is 76.0 Å². The molecule has 0 bridgehead atoms. The summed E-state index contributed by atoms with van der Waals surface area (Å²) in [6, 6.07) is 16.4. The van der Waals surface area contributed by atoms with Crippen LogP contribution in [-0.4, -0.2) is 16.1 Å². The highest BCUT2D eigenvalue weighted by molar-refractivity contribution is 5.95. The molecule has 0 aliphatic carbocycles. The Morgan fingerprint density at radius 2 is 2.00 bits per heavy atom. The Morgan fingerprint density at radius 3 is 2.71 bits per heavy atom. The third-order valence-electron chi connectivity index (χ3n) is 4.10. The summed E-state index contributed by atoms with van der Waals surface area (Å²) in [7, 11) is 0. The lowest BCUT2D eigenvalue weighted by atomic mass is 10.2. The normalized spacial score (nSPS) is 10.6. The van der Waals surface area contributed by atoms with Gasteiger partial charge in [-0.05, 0) is 55.5 Å². The predicted molar refractivity (Wildman–Crippen MR) is 104 cm³/mol. The van der Waals surface area contributed by atoms with E-state index in [-0.39, 0.29) is 5.91 Å². The lowest BCUT2D eigenvalue weighted by molar-refractivity contribution is 0.0948. The SMILES string of the molecule is Cc1ccc(CNC(=O)c2cccc(Nc3ccc(-c4ccoc4)nn3)c2)o1. The number of rotatable bonds is 6. The second-order valence-corrected chi connectivity index (χ2v) is 6.22. The van der Waals surface area contributed by atoms with Crippen molar-refractivity contribution in [3.8, 4) is 11.3 Å². The second kappa shape index (κ2) is 7.79. The summed E-state index contributed by atoms with van der Waals surface area (Å²) in [5, 5.41) is 14.3. The fourth-order valence-corrected chi connectivity index (χ4v) is 2.70. The first-order valence-corrected chi connectivity index (χ1v) is 8.74. The van der Waals surface area contributed by atoms with Crippen molar-refractivity contribution in [2.24, 2.45) is 0 Å². The van der Waals surface area contributed by atoms with Crippen molar-refractivity contribution in [3.63, 3.8) is 0 Å². The van der Waals surface area contributed by atoms with Crippen LogP contribution in [0.2, 0.25) is 0 Å². The van der Waals surface area contributed by atoms with E-state index in [1.807, 2.05) is 49.4 Å². The Morgan fingerprint density at radius 1 is 1.07 bits per heavy atom. The number of nitrogens with zero attached hydrogens (tertiary/aromatic N) is 2. The molecule has 1 aromatic carbocycles. The van der Waals surface area contributed by atoms with Gasteiger partial charge in [-0.3, -0.25) is 4.79 Å². The maximum absolute atomic E-state index is 12.4. The van der Waals surface area contributed by atoms with Crippen molar-refractivity contribution >= 4 is 17.4 Å². The predicted octanol–water partition coefficient (Wildman–Crippen LogP) is 4.31. The van der Waals surface area contributed by atoms with E-state index in [9.17, 15) is 4.79 Å². The molecule has 1 amide bonds. The zero-order valence-corrected chi connectivity index (χ0v) is 15.2. The fourth-order valence-electron chi connectivity index (χ4n) is 2.70. The third-order valence-corrected chi connectivity index (χ3v) is 4.10. The van der Waals surface area contributed by atoms with Gasteiger partial charge >= 0.3 is 0 Å². The number of aryl methyl sites for hydroxylation is 1. The van der Waals surface area contributed by atoms with E-state index >= 15 is 0 Å². The Bertz CT molecular complexity index is 1070. The monoisotopic (exact) mass is 374 g/mol. The first kappa shape index (κ1) is 17.5. The summed E-state index contributed by atoms with van der Waals surface area (Å²) in [6.07, 6.45) is 3.20. The largest absolute Gasteiger partial charge is 0.472 e. The number of nitrogens with one attached hydrogen (secondary N) is 2. The summed E-state index contributed by atoms with van der Waals surface area (Å²) in [5.41, 5.74) is 2.87. The van der Waals surface area contributed by atoms with Crippen LogP contribution in [0.4, 0.5) is 11.5 Å². The van der Waals surface area contributed by atoms with Crippen LogP contribution in [0.3, 0.4) is 0 Å². The molecule has 0 unspecified atom stereocenters. The first-order valence-electron chi connectivity index (χ1n) is 8.74. The Kier molecular flexibility index (Phi) is 4.88. The van der Waals surface area contributed by atoms with Gasteiger partial charge in [-0.2, -0.15) is 0 Å². The fraction of sp³-hybridized carbons (Fsp3) is 0.0952. The molecule has 28 heavy (non-hydrogen) atoms. The molecule has 4 rings (SSSR count). The number of carbonyl (C=O) groups excluding carboxylic acids is 1. The van der Waals surface area contributed by atoms with Gasteiger partial charge in [0.1, 0.15) is 11.5 Å². The van der Waals surface area contributed by atoms with Gasteiger partial charge in [-0.25, -0.2) is 0 Å². The van der Waals surface area contributed by atoms with Crippen LogP contribution in [0.5, 0.6) is 0 Å². The molecule has 3 aromatic heterocycles. The lowest BCUT2D eigenvalue weighted by Crippen LogP contribution is -2.22. The molecule has 140 valence electrons. The molecule has 0 aliphatic heterocycles. The van der Waals surface area contributed by atoms with Crippen molar-refractivity contribution in [1.82, 2.24) is 15.5 Å². The quantitative estimate of drug-likeness (QED) is 0.522. The van der Waals surface area contributed by atoms with Gasteiger partial charge in [-0.15, -0.1) is 10.2 Å². The topological polar surface area (TPSA) is 93.2 Å². The molecule has 4 aromatic rings. The molecule has 0 radical (unpaired) electrons. The van der Waals surface area contributed by atoms with E-state index < -0.39 is 0 Å². The molecule has 0 spiro atoms. The lowest BCUT2D eigenvalue weighted by Gasteiger charge is -2.08. The first-order chi connectivity index (χ1) is 13.7. The number of anilines is 2. The van der Waals surface area contributed by atoms with Gasteiger partial charge in [0.25, 0.3) is 5.91 Å². The van der Waals surface area contributed by atoms with Crippen LogP contribution in [0, 0.1) is 6.92 Å². The number of furan rings is 2. The van der Waals surface area contributed by atoms with E-state index in [0.29, 0.717) is 23.7 Å². The van der Waals surface area contributed by atoms with Crippen LogP contribution in [-0.2, 0) is 6.54 Å². The minimum atomic E-state index is -0.181. The standard InChI is InChI=1S/C21H18N4O3/c1-14-5-6-18(28-14)12-22-21(26)15-3-2-4-17(11-15)23-20-8-7-19(24-25-20)16-9-10-27-13-16/h2-11,13H,12H2,1H3,(H,22,26)(H,23,25). The van der Waals surface area contributed by atoms with Gasteiger partial charge in [0, 0.05) is 16.8 Å². The van der Waals surface area contributed by atoms with Gasteiger partial charge in [0.05, 0.1) is 24.8 Å². The van der Waals surface area contributed by atoms with Gasteiger partial charge in [0.2, 0.25) is 0 Å².